The minimum Gasteiger partial charge on any atom is -0.357 e. The molecule has 2 aromatic rings. The van der Waals surface area contributed by atoms with Crippen LogP contribution in [0.1, 0.15) is 37.9 Å². The van der Waals surface area contributed by atoms with Crippen molar-refractivity contribution >= 4 is 29.9 Å². The third kappa shape index (κ3) is 6.48. The molecule has 1 saturated heterocycles. The molecule has 2 atom stereocenters. The van der Waals surface area contributed by atoms with E-state index < -0.39 is 0 Å². The summed E-state index contributed by atoms with van der Waals surface area (Å²) in [5.41, 5.74) is 2.50. The lowest BCUT2D eigenvalue weighted by molar-refractivity contribution is 0.134. The van der Waals surface area contributed by atoms with E-state index >= 15 is 0 Å². The van der Waals surface area contributed by atoms with Crippen molar-refractivity contribution in [3.63, 3.8) is 0 Å². The van der Waals surface area contributed by atoms with E-state index in [0.717, 1.165) is 44.1 Å². The number of aromatic nitrogens is 2. The summed E-state index contributed by atoms with van der Waals surface area (Å²) in [5, 5.41) is 11.2. The predicted molar refractivity (Wildman–Crippen MR) is 126 cm³/mol. The van der Waals surface area contributed by atoms with Crippen LogP contribution in [0.5, 0.6) is 0 Å². The lowest BCUT2D eigenvalue weighted by Crippen LogP contribution is -2.51. The third-order valence-electron chi connectivity index (χ3n) is 5.25. The first-order valence-corrected chi connectivity index (χ1v) is 9.95. The number of nitrogens with zero attached hydrogens (tertiary/aromatic N) is 4. The number of piperidine rings is 1. The number of aliphatic imine (C=N–C) groups is 1. The molecule has 1 fully saturated rings. The van der Waals surface area contributed by atoms with Gasteiger partial charge in [0.05, 0.1) is 12.2 Å². The maximum Gasteiger partial charge on any atom is 0.191 e. The number of likely N-dealkylation sites (tertiary alicyclic amines) is 1. The van der Waals surface area contributed by atoms with Crippen LogP contribution >= 0.6 is 24.0 Å². The monoisotopic (exact) mass is 496 g/mol. The Morgan fingerprint density at radius 2 is 2.04 bits per heavy atom. The fourth-order valence-corrected chi connectivity index (χ4v) is 3.63. The van der Waals surface area contributed by atoms with Gasteiger partial charge < -0.3 is 10.6 Å². The van der Waals surface area contributed by atoms with Crippen LogP contribution < -0.4 is 10.6 Å². The zero-order valence-corrected chi connectivity index (χ0v) is 19.5. The van der Waals surface area contributed by atoms with Crippen LogP contribution in [-0.2, 0) is 20.1 Å². The molecule has 3 rings (SSSR count). The highest BCUT2D eigenvalue weighted by Gasteiger charge is 2.25. The molecule has 2 unspecified atom stereocenters. The summed E-state index contributed by atoms with van der Waals surface area (Å²) < 4.78 is 1.87. The molecule has 2 N–H and O–H groups in total. The minimum absolute atomic E-state index is 0. The molecular formula is C21H33IN6. The number of guanidine groups is 1. The Labute approximate surface area is 185 Å². The SMILES string of the molecule is CCNC(=NCc1ccnn1C)NC1CCN(Cc2ccccc2)C(C)C1.I. The number of rotatable bonds is 6. The lowest BCUT2D eigenvalue weighted by atomic mass is 9.97. The van der Waals surface area contributed by atoms with Gasteiger partial charge in [-0.25, -0.2) is 4.99 Å². The highest BCUT2D eigenvalue weighted by atomic mass is 127. The number of hydrogen-bond acceptors (Lipinski definition) is 3. The second kappa shape index (κ2) is 11.4. The van der Waals surface area contributed by atoms with Crippen molar-refractivity contribution in [3.8, 4) is 0 Å². The molecule has 1 aromatic heterocycles. The number of nitrogens with one attached hydrogen (secondary N) is 2. The van der Waals surface area contributed by atoms with Gasteiger partial charge in [0.1, 0.15) is 0 Å². The lowest BCUT2D eigenvalue weighted by Gasteiger charge is -2.38. The molecular weight excluding hydrogens is 463 g/mol. The van der Waals surface area contributed by atoms with E-state index in [-0.39, 0.29) is 24.0 Å². The van der Waals surface area contributed by atoms with Gasteiger partial charge in [-0.1, -0.05) is 30.3 Å². The molecule has 1 aliphatic heterocycles. The van der Waals surface area contributed by atoms with E-state index in [1.165, 1.54) is 5.56 Å². The van der Waals surface area contributed by atoms with E-state index in [9.17, 15) is 0 Å². The van der Waals surface area contributed by atoms with E-state index in [2.05, 4.69) is 64.8 Å². The Hall–Kier alpha value is -1.61. The Balaban J connectivity index is 0.00000280. The molecule has 1 aromatic carbocycles. The van der Waals surface area contributed by atoms with Crippen LogP contribution in [0.4, 0.5) is 0 Å². The number of benzene rings is 1. The fourth-order valence-electron chi connectivity index (χ4n) is 3.63. The molecule has 2 heterocycles. The largest absolute Gasteiger partial charge is 0.357 e. The Kier molecular flexibility index (Phi) is 9.24. The first kappa shape index (κ1) is 22.7. The summed E-state index contributed by atoms with van der Waals surface area (Å²) in [5.74, 6) is 0.896. The zero-order valence-electron chi connectivity index (χ0n) is 17.1. The van der Waals surface area contributed by atoms with Crippen molar-refractivity contribution in [1.29, 1.82) is 0 Å². The van der Waals surface area contributed by atoms with Crippen LogP contribution in [-0.4, -0.2) is 45.8 Å². The van der Waals surface area contributed by atoms with Gasteiger partial charge in [-0.3, -0.25) is 9.58 Å². The number of aryl methyl sites for hydroxylation is 1. The molecule has 0 spiro atoms. The first-order chi connectivity index (χ1) is 13.2. The van der Waals surface area contributed by atoms with Crippen LogP contribution in [0.2, 0.25) is 0 Å². The van der Waals surface area contributed by atoms with Gasteiger partial charge in [0.15, 0.2) is 5.96 Å². The molecule has 0 radical (unpaired) electrons. The van der Waals surface area contributed by atoms with Crippen molar-refractivity contribution in [3.05, 3.63) is 53.9 Å². The van der Waals surface area contributed by atoms with Crippen LogP contribution in [0, 0.1) is 0 Å². The molecule has 6 nitrogen and oxygen atoms in total. The molecule has 154 valence electrons. The van der Waals surface area contributed by atoms with Gasteiger partial charge in [0.25, 0.3) is 0 Å². The number of hydrogen-bond donors (Lipinski definition) is 2. The molecule has 7 heteroatoms. The van der Waals surface area contributed by atoms with Gasteiger partial charge in [0, 0.05) is 45.0 Å². The third-order valence-corrected chi connectivity index (χ3v) is 5.25. The zero-order chi connectivity index (χ0) is 19.1. The van der Waals surface area contributed by atoms with Crippen molar-refractivity contribution in [2.24, 2.45) is 12.0 Å². The summed E-state index contributed by atoms with van der Waals surface area (Å²) in [6.07, 6.45) is 4.07. The molecule has 0 saturated carbocycles. The molecule has 0 amide bonds. The second-order valence-electron chi connectivity index (χ2n) is 7.31. The standard InChI is InChI=1S/C21H32N6.HI/c1-4-22-21(23-15-20-10-12-24-26(20)3)25-19-11-13-27(17(2)14-19)16-18-8-6-5-7-9-18;/h5-10,12,17,19H,4,11,13-16H2,1-3H3,(H2,22,23,25);1H. The fraction of sp³-hybridized carbons (Fsp3) is 0.524. The smallest absolute Gasteiger partial charge is 0.191 e. The maximum atomic E-state index is 4.74. The van der Waals surface area contributed by atoms with Gasteiger partial charge >= 0.3 is 0 Å². The van der Waals surface area contributed by atoms with Gasteiger partial charge in [0.2, 0.25) is 0 Å². The topological polar surface area (TPSA) is 57.5 Å². The van der Waals surface area contributed by atoms with Gasteiger partial charge in [-0.2, -0.15) is 5.10 Å². The molecule has 1 aliphatic rings. The van der Waals surface area contributed by atoms with E-state index in [1.807, 2.05) is 24.0 Å². The van der Waals surface area contributed by atoms with E-state index in [0.29, 0.717) is 18.6 Å². The van der Waals surface area contributed by atoms with Crippen molar-refractivity contribution in [1.82, 2.24) is 25.3 Å². The molecule has 28 heavy (non-hydrogen) atoms. The van der Waals surface area contributed by atoms with Crippen LogP contribution in [0.25, 0.3) is 0 Å². The number of halogens is 1. The Morgan fingerprint density at radius 3 is 2.68 bits per heavy atom. The summed E-state index contributed by atoms with van der Waals surface area (Å²) in [4.78, 5) is 7.32. The maximum absolute atomic E-state index is 4.74. The van der Waals surface area contributed by atoms with Gasteiger partial charge in [-0.05, 0) is 38.3 Å². The molecule has 0 bridgehead atoms. The summed E-state index contributed by atoms with van der Waals surface area (Å²) in [6.45, 7) is 8.06. The van der Waals surface area contributed by atoms with Crippen molar-refractivity contribution in [2.45, 2.75) is 51.9 Å². The summed E-state index contributed by atoms with van der Waals surface area (Å²) >= 11 is 0. The first-order valence-electron chi connectivity index (χ1n) is 9.95. The van der Waals surface area contributed by atoms with Gasteiger partial charge in [-0.15, -0.1) is 24.0 Å². The normalized spacial score (nSPS) is 20.5. The Morgan fingerprint density at radius 1 is 1.25 bits per heavy atom. The summed E-state index contributed by atoms with van der Waals surface area (Å²) in [6, 6.07) is 13.8. The summed E-state index contributed by atoms with van der Waals surface area (Å²) in [7, 11) is 1.95. The quantitative estimate of drug-likeness (QED) is 0.367. The van der Waals surface area contributed by atoms with Crippen molar-refractivity contribution in [2.75, 3.05) is 13.1 Å². The highest BCUT2D eigenvalue weighted by molar-refractivity contribution is 14.0. The highest BCUT2D eigenvalue weighted by Crippen LogP contribution is 2.20. The van der Waals surface area contributed by atoms with Crippen LogP contribution in [0.3, 0.4) is 0 Å². The minimum atomic E-state index is 0. The average molecular weight is 496 g/mol. The second-order valence-corrected chi connectivity index (χ2v) is 7.31. The van der Waals surface area contributed by atoms with Crippen LogP contribution in [0.15, 0.2) is 47.6 Å². The van der Waals surface area contributed by atoms with E-state index in [4.69, 9.17) is 4.99 Å². The van der Waals surface area contributed by atoms with E-state index in [1.54, 1.807) is 0 Å². The Bertz CT molecular complexity index is 730. The average Bonchev–Trinajstić information content (AvgIpc) is 3.08. The predicted octanol–water partition coefficient (Wildman–Crippen LogP) is 3.15. The van der Waals surface area contributed by atoms with Crippen molar-refractivity contribution < 1.29 is 0 Å². The molecule has 0 aliphatic carbocycles.